The fourth-order valence-electron chi connectivity index (χ4n) is 3.63. The molecule has 4 unspecified atom stereocenters. The molecule has 0 aromatic heterocycles. The topological polar surface area (TPSA) is 46.2 Å². The van der Waals surface area contributed by atoms with Crippen LogP contribution < -0.4 is 5.32 Å². The number of hydrogen-bond donors (Lipinski definition) is 1. The minimum Gasteiger partial charge on any atom is -0.309 e. The van der Waals surface area contributed by atoms with Crippen molar-refractivity contribution in [2.24, 2.45) is 0 Å². The second-order valence-corrected chi connectivity index (χ2v) is 8.23. The summed E-state index contributed by atoms with van der Waals surface area (Å²) in [5, 5.41) is 3.27. The molecule has 0 bridgehead atoms. The first-order chi connectivity index (χ1) is 9.06. The Hall–Kier alpha value is -0.870. The SMILES string of the molecule is CC1CS(=O)(=O)C2CC(c3ccccc3)CCC2N1. The normalized spacial score (nSPS) is 37.5. The second-order valence-electron chi connectivity index (χ2n) is 5.96. The molecule has 1 saturated heterocycles. The van der Waals surface area contributed by atoms with Gasteiger partial charge in [-0.3, -0.25) is 0 Å². The third-order valence-corrected chi connectivity index (χ3v) is 6.91. The summed E-state index contributed by atoms with van der Waals surface area (Å²) in [6.07, 6.45) is 2.82. The number of fused-ring (bicyclic) bond motifs is 1. The lowest BCUT2D eigenvalue weighted by Gasteiger charge is -2.41. The molecule has 2 fully saturated rings. The molecule has 1 N–H and O–H groups in total. The summed E-state index contributed by atoms with van der Waals surface area (Å²) in [4.78, 5) is 0. The fraction of sp³-hybridized carbons (Fsp3) is 0.600. The molecule has 1 aromatic carbocycles. The lowest BCUT2D eigenvalue weighted by atomic mass is 9.81. The first kappa shape index (κ1) is 13.1. The van der Waals surface area contributed by atoms with E-state index in [0.29, 0.717) is 5.92 Å². The van der Waals surface area contributed by atoms with Crippen LogP contribution in [-0.2, 0) is 9.84 Å². The van der Waals surface area contributed by atoms with Crippen LogP contribution in [0.4, 0.5) is 0 Å². The van der Waals surface area contributed by atoms with Gasteiger partial charge in [-0.2, -0.15) is 0 Å². The summed E-state index contributed by atoms with van der Waals surface area (Å²) >= 11 is 0. The molecule has 0 amide bonds. The Kier molecular flexibility index (Phi) is 3.39. The summed E-state index contributed by atoms with van der Waals surface area (Å²) in [7, 11) is -2.94. The van der Waals surface area contributed by atoms with Gasteiger partial charge in [0.1, 0.15) is 0 Å². The Labute approximate surface area is 115 Å². The molecule has 1 aromatic rings. The van der Waals surface area contributed by atoms with E-state index in [1.165, 1.54) is 5.56 Å². The maximum Gasteiger partial charge on any atom is 0.156 e. The van der Waals surface area contributed by atoms with Crippen LogP contribution >= 0.6 is 0 Å². The molecule has 0 spiro atoms. The molecular weight excluding hydrogens is 258 g/mol. The van der Waals surface area contributed by atoms with E-state index in [1.54, 1.807) is 0 Å². The Morgan fingerprint density at radius 1 is 1.16 bits per heavy atom. The van der Waals surface area contributed by atoms with Crippen molar-refractivity contribution in [1.29, 1.82) is 0 Å². The lowest BCUT2D eigenvalue weighted by Crippen LogP contribution is -2.58. The monoisotopic (exact) mass is 279 g/mol. The predicted molar refractivity (Wildman–Crippen MR) is 77.0 cm³/mol. The average molecular weight is 279 g/mol. The maximum atomic E-state index is 12.4. The van der Waals surface area contributed by atoms with Crippen molar-refractivity contribution in [3.63, 3.8) is 0 Å². The number of hydrogen-bond acceptors (Lipinski definition) is 3. The van der Waals surface area contributed by atoms with Crippen LogP contribution in [0, 0.1) is 0 Å². The van der Waals surface area contributed by atoms with Crippen molar-refractivity contribution in [2.45, 2.75) is 49.4 Å². The maximum absolute atomic E-state index is 12.4. The highest BCUT2D eigenvalue weighted by molar-refractivity contribution is 7.92. The highest BCUT2D eigenvalue weighted by Gasteiger charge is 2.43. The molecule has 3 rings (SSSR count). The van der Waals surface area contributed by atoms with E-state index in [2.05, 4.69) is 17.4 Å². The van der Waals surface area contributed by atoms with Gasteiger partial charge in [0, 0.05) is 12.1 Å². The number of benzene rings is 1. The second kappa shape index (κ2) is 4.91. The number of sulfone groups is 1. The predicted octanol–water partition coefficient (Wildman–Crippen LogP) is 2.10. The molecule has 1 heterocycles. The minimum atomic E-state index is -2.94. The Bertz CT molecular complexity index is 541. The molecule has 4 heteroatoms. The summed E-state index contributed by atoms with van der Waals surface area (Å²) in [5.74, 6) is 0.683. The molecule has 1 aliphatic carbocycles. The van der Waals surface area contributed by atoms with Gasteiger partial charge in [-0.15, -0.1) is 0 Å². The number of nitrogens with one attached hydrogen (secondary N) is 1. The van der Waals surface area contributed by atoms with Crippen LogP contribution in [0.2, 0.25) is 0 Å². The van der Waals surface area contributed by atoms with Gasteiger partial charge in [0.05, 0.1) is 11.0 Å². The summed E-state index contributed by atoms with van der Waals surface area (Å²) in [6, 6.07) is 10.6. The standard InChI is InChI=1S/C15H21NO2S/c1-11-10-19(17,18)15-9-13(7-8-14(15)16-11)12-5-3-2-4-6-12/h2-6,11,13-16H,7-10H2,1H3. The molecule has 2 aliphatic rings. The minimum absolute atomic E-state index is 0.0968. The Morgan fingerprint density at radius 2 is 1.89 bits per heavy atom. The first-order valence-electron chi connectivity index (χ1n) is 7.09. The molecular formula is C15H21NO2S. The molecule has 0 radical (unpaired) electrons. The van der Waals surface area contributed by atoms with Gasteiger partial charge < -0.3 is 5.32 Å². The quantitative estimate of drug-likeness (QED) is 0.856. The van der Waals surface area contributed by atoms with Gasteiger partial charge in [0.25, 0.3) is 0 Å². The van der Waals surface area contributed by atoms with Crippen molar-refractivity contribution >= 4 is 9.84 Å². The van der Waals surface area contributed by atoms with E-state index in [1.807, 2.05) is 25.1 Å². The van der Waals surface area contributed by atoms with Gasteiger partial charge in [-0.05, 0) is 37.7 Å². The van der Waals surface area contributed by atoms with E-state index in [9.17, 15) is 8.42 Å². The van der Waals surface area contributed by atoms with Gasteiger partial charge in [0.15, 0.2) is 9.84 Å². The smallest absolute Gasteiger partial charge is 0.156 e. The Balaban J connectivity index is 1.83. The fourth-order valence-corrected chi connectivity index (χ4v) is 5.91. The molecule has 1 aliphatic heterocycles. The highest BCUT2D eigenvalue weighted by atomic mass is 32.2. The zero-order valence-electron chi connectivity index (χ0n) is 11.2. The van der Waals surface area contributed by atoms with E-state index >= 15 is 0 Å². The van der Waals surface area contributed by atoms with Crippen molar-refractivity contribution < 1.29 is 8.42 Å². The lowest BCUT2D eigenvalue weighted by molar-refractivity contribution is 0.311. The van der Waals surface area contributed by atoms with Crippen LogP contribution in [0.15, 0.2) is 30.3 Å². The zero-order valence-corrected chi connectivity index (χ0v) is 12.1. The van der Waals surface area contributed by atoms with Gasteiger partial charge in [-0.25, -0.2) is 8.42 Å². The molecule has 1 saturated carbocycles. The molecule has 104 valence electrons. The van der Waals surface area contributed by atoms with Crippen LogP contribution in [0.5, 0.6) is 0 Å². The summed E-state index contributed by atoms with van der Waals surface area (Å²) in [6.45, 7) is 1.97. The van der Waals surface area contributed by atoms with Crippen LogP contribution in [-0.4, -0.2) is 31.5 Å². The van der Waals surface area contributed by atoms with Crippen molar-refractivity contribution in [1.82, 2.24) is 5.32 Å². The van der Waals surface area contributed by atoms with Crippen molar-refractivity contribution in [2.75, 3.05) is 5.75 Å². The number of rotatable bonds is 1. The van der Waals surface area contributed by atoms with Crippen LogP contribution in [0.25, 0.3) is 0 Å². The highest BCUT2D eigenvalue weighted by Crippen LogP contribution is 2.37. The molecule has 3 nitrogen and oxygen atoms in total. The molecule has 19 heavy (non-hydrogen) atoms. The first-order valence-corrected chi connectivity index (χ1v) is 8.80. The summed E-state index contributed by atoms with van der Waals surface area (Å²) in [5.41, 5.74) is 1.29. The largest absolute Gasteiger partial charge is 0.309 e. The third kappa shape index (κ3) is 2.56. The van der Waals surface area contributed by atoms with E-state index in [-0.39, 0.29) is 23.1 Å². The Morgan fingerprint density at radius 3 is 2.63 bits per heavy atom. The van der Waals surface area contributed by atoms with Gasteiger partial charge >= 0.3 is 0 Å². The average Bonchev–Trinajstić information content (AvgIpc) is 2.38. The van der Waals surface area contributed by atoms with E-state index < -0.39 is 9.84 Å². The van der Waals surface area contributed by atoms with Crippen molar-refractivity contribution in [3.05, 3.63) is 35.9 Å². The third-order valence-electron chi connectivity index (χ3n) is 4.50. The van der Waals surface area contributed by atoms with E-state index in [4.69, 9.17) is 0 Å². The van der Waals surface area contributed by atoms with E-state index in [0.717, 1.165) is 19.3 Å². The zero-order chi connectivity index (χ0) is 13.5. The summed E-state index contributed by atoms with van der Waals surface area (Å²) < 4.78 is 24.7. The van der Waals surface area contributed by atoms with Gasteiger partial charge in [-0.1, -0.05) is 30.3 Å². The van der Waals surface area contributed by atoms with Gasteiger partial charge in [0.2, 0.25) is 0 Å². The van der Waals surface area contributed by atoms with Crippen LogP contribution in [0.1, 0.15) is 37.7 Å². The molecule has 4 atom stereocenters. The van der Waals surface area contributed by atoms with Crippen molar-refractivity contribution in [3.8, 4) is 0 Å². The van der Waals surface area contributed by atoms with Crippen LogP contribution in [0.3, 0.4) is 0 Å².